The number of carbonyl (C=O) groups excluding carboxylic acids is 1. The van der Waals surface area contributed by atoms with Gasteiger partial charge in [0.25, 0.3) is 0 Å². The van der Waals surface area contributed by atoms with Gasteiger partial charge in [-0.3, -0.25) is 0 Å². The summed E-state index contributed by atoms with van der Waals surface area (Å²) in [4.78, 5) is 10.7. The Morgan fingerprint density at radius 1 is 1.19 bits per heavy atom. The fraction of sp³-hybridized carbons (Fsp3) is 0.263. The van der Waals surface area contributed by atoms with Crippen molar-refractivity contribution in [1.82, 2.24) is 5.43 Å². The van der Waals surface area contributed by atoms with E-state index < -0.39 is 6.03 Å². The van der Waals surface area contributed by atoms with Gasteiger partial charge in [-0.25, -0.2) is 10.2 Å². The van der Waals surface area contributed by atoms with Gasteiger partial charge in [-0.05, 0) is 77.4 Å². The highest BCUT2D eigenvalue weighted by molar-refractivity contribution is 14.1. The number of aryl methyl sites for hydroxylation is 2. The highest BCUT2D eigenvalue weighted by Gasteiger charge is 2.11. The average Bonchev–Trinajstić information content (AvgIpc) is 2.62. The van der Waals surface area contributed by atoms with E-state index in [9.17, 15) is 4.79 Å². The predicted molar refractivity (Wildman–Crippen MR) is 113 cm³/mol. The standard InChI is InChI=1S/C19H22IN3O4/c1-12-4-5-15(8-13(12)2)26-6-7-27-18-16(20)9-14(10-17(18)25-3)11-22-23-19(21)24/h4-5,8-11H,6-7H2,1-3H3,(H3,21,23,24). The van der Waals surface area contributed by atoms with Gasteiger partial charge in [-0.2, -0.15) is 5.10 Å². The van der Waals surface area contributed by atoms with E-state index in [0.29, 0.717) is 24.7 Å². The molecule has 0 atom stereocenters. The zero-order valence-electron chi connectivity index (χ0n) is 15.4. The maximum Gasteiger partial charge on any atom is 0.332 e. The first-order chi connectivity index (χ1) is 12.9. The molecule has 27 heavy (non-hydrogen) atoms. The summed E-state index contributed by atoms with van der Waals surface area (Å²) in [5.41, 5.74) is 10.3. The Bertz CT molecular complexity index is 840. The topological polar surface area (TPSA) is 95.2 Å². The molecule has 0 aliphatic heterocycles. The molecule has 0 radical (unpaired) electrons. The number of nitrogens with zero attached hydrogens (tertiary/aromatic N) is 1. The number of rotatable bonds is 8. The summed E-state index contributed by atoms with van der Waals surface area (Å²) in [6.07, 6.45) is 1.47. The molecule has 0 saturated heterocycles. The number of hydrazone groups is 1. The van der Waals surface area contributed by atoms with Gasteiger partial charge in [0.05, 0.1) is 16.9 Å². The van der Waals surface area contributed by atoms with Crippen LogP contribution < -0.4 is 25.4 Å². The van der Waals surface area contributed by atoms with Crippen LogP contribution in [0.3, 0.4) is 0 Å². The SMILES string of the molecule is COc1cc(C=NNC(N)=O)cc(I)c1OCCOc1ccc(C)c(C)c1. The minimum atomic E-state index is -0.725. The second-order valence-corrected chi connectivity index (χ2v) is 6.87. The smallest absolute Gasteiger partial charge is 0.332 e. The number of methoxy groups -OCH3 is 1. The second-order valence-electron chi connectivity index (χ2n) is 5.71. The van der Waals surface area contributed by atoms with E-state index in [0.717, 1.165) is 14.9 Å². The van der Waals surface area contributed by atoms with Gasteiger partial charge in [-0.15, -0.1) is 0 Å². The monoisotopic (exact) mass is 483 g/mol. The summed E-state index contributed by atoms with van der Waals surface area (Å²) in [6.45, 7) is 4.90. The van der Waals surface area contributed by atoms with E-state index >= 15 is 0 Å². The van der Waals surface area contributed by atoms with Crippen LogP contribution in [0.4, 0.5) is 4.79 Å². The average molecular weight is 483 g/mol. The minimum absolute atomic E-state index is 0.371. The molecular weight excluding hydrogens is 461 g/mol. The van der Waals surface area contributed by atoms with Crippen molar-refractivity contribution in [2.75, 3.05) is 20.3 Å². The van der Waals surface area contributed by atoms with Crippen LogP contribution in [0.2, 0.25) is 0 Å². The van der Waals surface area contributed by atoms with Crippen LogP contribution >= 0.6 is 22.6 Å². The van der Waals surface area contributed by atoms with E-state index in [-0.39, 0.29) is 0 Å². The quantitative estimate of drug-likeness (QED) is 0.261. The molecule has 0 heterocycles. The van der Waals surface area contributed by atoms with Crippen LogP contribution in [0.1, 0.15) is 16.7 Å². The summed E-state index contributed by atoms with van der Waals surface area (Å²) in [7, 11) is 1.56. The zero-order valence-corrected chi connectivity index (χ0v) is 17.6. The Balaban J connectivity index is 1.97. The Morgan fingerprint density at radius 3 is 2.59 bits per heavy atom. The largest absolute Gasteiger partial charge is 0.493 e. The summed E-state index contributed by atoms with van der Waals surface area (Å²) >= 11 is 2.15. The number of halogens is 1. The molecule has 0 spiro atoms. The van der Waals surface area contributed by atoms with Crippen LogP contribution in [0.5, 0.6) is 17.2 Å². The zero-order chi connectivity index (χ0) is 19.8. The normalized spacial score (nSPS) is 10.7. The number of nitrogens with two attached hydrogens (primary N) is 1. The molecule has 0 aliphatic carbocycles. The summed E-state index contributed by atoms with van der Waals surface area (Å²) in [6, 6.07) is 8.87. The highest BCUT2D eigenvalue weighted by Crippen LogP contribution is 2.33. The van der Waals surface area contributed by atoms with Gasteiger partial charge in [0, 0.05) is 0 Å². The first kappa shape index (κ1) is 20.8. The molecule has 2 amide bonds. The lowest BCUT2D eigenvalue weighted by molar-refractivity contribution is 0.210. The molecule has 2 rings (SSSR count). The lowest BCUT2D eigenvalue weighted by atomic mass is 10.1. The first-order valence-corrected chi connectivity index (χ1v) is 9.27. The van der Waals surface area contributed by atoms with Gasteiger partial charge >= 0.3 is 6.03 Å². The fourth-order valence-corrected chi connectivity index (χ4v) is 3.01. The van der Waals surface area contributed by atoms with Gasteiger partial charge in [0.2, 0.25) is 0 Å². The molecule has 0 unspecified atom stereocenters. The number of amides is 2. The lowest BCUT2D eigenvalue weighted by Crippen LogP contribution is -2.24. The van der Waals surface area contributed by atoms with Crippen molar-refractivity contribution in [2.24, 2.45) is 10.8 Å². The summed E-state index contributed by atoms with van der Waals surface area (Å²) in [5, 5.41) is 3.74. The number of benzene rings is 2. The molecule has 0 aromatic heterocycles. The molecule has 8 heteroatoms. The van der Waals surface area contributed by atoms with E-state index in [1.165, 1.54) is 17.3 Å². The number of ether oxygens (including phenoxy) is 3. The van der Waals surface area contributed by atoms with Gasteiger partial charge < -0.3 is 19.9 Å². The number of hydrogen-bond donors (Lipinski definition) is 2. The predicted octanol–water partition coefficient (Wildman–Crippen LogP) is 3.38. The molecular formula is C19H22IN3O4. The van der Waals surface area contributed by atoms with Crippen molar-refractivity contribution in [2.45, 2.75) is 13.8 Å². The molecule has 0 bridgehead atoms. The van der Waals surface area contributed by atoms with Crippen molar-refractivity contribution < 1.29 is 19.0 Å². The van der Waals surface area contributed by atoms with Crippen molar-refractivity contribution in [1.29, 1.82) is 0 Å². The maximum atomic E-state index is 10.7. The number of urea groups is 1. The van der Waals surface area contributed by atoms with Crippen LogP contribution in [0, 0.1) is 17.4 Å². The van der Waals surface area contributed by atoms with Gasteiger partial charge in [-0.1, -0.05) is 6.07 Å². The van der Waals surface area contributed by atoms with E-state index in [1.807, 2.05) is 24.3 Å². The van der Waals surface area contributed by atoms with Crippen molar-refractivity contribution in [3.05, 3.63) is 50.6 Å². The Hall–Kier alpha value is -2.49. The van der Waals surface area contributed by atoms with E-state index in [2.05, 4.69) is 47.0 Å². The molecule has 2 aromatic rings. The molecule has 144 valence electrons. The molecule has 0 aliphatic rings. The maximum absolute atomic E-state index is 10.7. The fourth-order valence-electron chi connectivity index (χ4n) is 2.23. The van der Waals surface area contributed by atoms with Crippen LogP contribution in [-0.4, -0.2) is 32.6 Å². The third-order valence-corrected chi connectivity index (χ3v) is 4.52. The Morgan fingerprint density at radius 2 is 1.93 bits per heavy atom. The Kier molecular flexibility index (Phi) is 7.71. The molecule has 2 aromatic carbocycles. The van der Waals surface area contributed by atoms with Crippen LogP contribution in [0.25, 0.3) is 0 Å². The van der Waals surface area contributed by atoms with E-state index in [4.69, 9.17) is 19.9 Å². The Labute approximate surface area is 172 Å². The van der Waals surface area contributed by atoms with Crippen LogP contribution in [-0.2, 0) is 0 Å². The second kappa shape index (κ2) is 10.0. The first-order valence-electron chi connectivity index (χ1n) is 8.19. The van der Waals surface area contributed by atoms with E-state index in [1.54, 1.807) is 13.2 Å². The number of hydrogen-bond acceptors (Lipinski definition) is 5. The lowest BCUT2D eigenvalue weighted by Gasteiger charge is -2.14. The van der Waals surface area contributed by atoms with Crippen molar-refractivity contribution in [3.63, 3.8) is 0 Å². The van der Waals surface area contributed by atoms with Gasteiger partial charge in [0.15, 0.2) is 11.5 Å². The number of carbonyl (C=O) groups is 1. The minimum Gasteiger partial charge on any atom is -0.493 e. The van der Waals surface area contributed by atoms with Crippen molar-refractivity contribution in [3.8, 4) is 17.2 Å². The summed E-state index contributed by atoms with van der Waals surface area (Å²) in [5.74, 6) is 2.01. The van der Waals surface area contributed by atoms with Crippen molar-refractivity contribution >= 4 is 34.8 Å². The molecule has 0 fully saturated rings. The highest BCUT2D eigenvalue weighted by atomic mass is 127. The molecule has 0 saturated carbocycles. The summed E-state index contributed by atoms with van der Waals surface area (Å²) < 4.78 is 17.8. The molecule has 7 nitrogen and oxygen atoms in total. The third-order valence-electron chi connectivity index (χ3n) is 3.72. The number of nitrogens with one attached hydrogen (secondary N) is 1. The molecule has 3 N–H and O–H groups in total. The third kappa shape index (κ3) is 6.31. The van der Waals surface area contributed by atoms with Gasteiger partial charge in [0.1, 0.15) is 19.0 Å². The van der Waals surface area contributed by atoms with Crippen LogP contribution in [0.15, 0.2) is 35.4 Å². The number of primary amides is 1.